The molecule has 0 aliphatic heterocycles. The number of hydrogen-bond acceptors (Lipinski definition) is 4. The Morgan fingerprint density at radius 3 is 2.52 bits per heavy atom. The van der Waals surface area contributed by atoms with Crippen LogP contribution in [0.2, 0.25) is 0 Å². The van der Waals surface area contributed by atoms with Gasteiger partial charge >= 0.3 is 0 Å². The van der Waals surface area contributed by atoms with Crippen molar-refractivity contribution < 1.29 is 4.79 Å². The molecule has 5 heteroatoms. The number of amides is 1. The van der Waals surface area contributed by atoms with Gasteiger partial charge in [0.1, 0.15) is 5.82 Å². The summed E-state index contributed by atoms with van der Waals surface area (Å²) in [4.78, 5) is 12.0. The normalized spacial score (nSPS) is 10.3. The second kappa shape index (κ2) is 9.56. The first-order valence-corrected chi connectivity index (χ1v) is 8.19. The summed E-state index contributed by atoms with van der Waals surface area (Å²) < 4.78 is 0. The minimum atomic E-state index is -0.189. The molecule has 0 saturated heterocycles. The molecule has 0 unspecified atom stereocenters. The fraction of sp³-hybridized carbons (Fsp3) is 0.389. The highest BCUT2D eigenvalue weighted by molar-refractivity contribution is 5.92. The Kier molecular flexibility index (Phi) is 7.04. The Balaban J connectivity index is 1.74. The van der Waals surface area contributed by atoms with E-state index in [1.165, 1.54) is 18.4 Å². The van der Waals surface area contributed by atoms with Crippen LogP contribution in [0.1, 0.15) is 42.2 Å². The van der Waals surface area contributed by atoms with Crippen molar-refractivity contribution in [3.63, 3.8) is 0 Å². The number of rotatable bonds is 9. The highest BCUT2D eigenvalue weighted by atomic mass is 16.1. The number of aromatic nitrogens is 2. The number of anilines is 1. The number of carbonyl (C=O) groups is 1. The zero-order valence-corrected chi connectivity index (χ0v) is 13.6. The summed E-state index contributed by atoms with van der Waals surface area (Å²) in [6, 6.07) is 13.6. The maximum Gasteiger partial charge on any atom is 0.271 e. The highest BCUT2D eigenvalue weighted by Gasteiger charge is 2.07. The lowest BCUT2D eigenvalue weighted by atomic mass is 10.1. The van der Waals surface area contributed by atoms with E-state index in [1.54, 1.807) is 12.1 Å². The van der Waals surface area contributed by atoms with Crippen molar-refractivity contribution >= 4 is 11.7 Å². The van der Waals surface area contributed by atoms with Crippen LogP contribution in [0.5, 0.6) is 0 Å². The lowest BCUT2D eigenvalue weighted by molar-refractivity contribution is 0.0948. The topological polar surface area (TPSA) is 66.9 Å². The largest absolute Gasteiger partial charge is 0.369 e. The van der Waals surface area contributed by atoms with Gasteiger partial charge in [0.2, 0.25) is 0 Å². The second-order valence-electron chi connectivity index (χ2n) is 5.43. The quantitative estimate of drug-likeness (QED) is 0.698. The summed E-state index contributed by atoms with van der Waals surface area (Å²) >= 11 is 0. The van der Waals surface area contributed by atoms with Crippen LogP contribution in [0.3, 0.4) is 0 Å². The second-order valence-corrected chi connectivity index (χ2v) is 5.43. The predicted octanol–water partition coefficient (Wildman–Crippen LogP) is 3.05. The molecule has 1 aromatic heterocycles. The van der Waals surface area contributed by atoms with E-state index in [4.69, 9.17) is 0 Å². The van der Waals surface area contributed by atoms with Crippen LogP contribution < -0.4 is 10.6 Å². The summed E-state index contributed by atoms with van der Waals surface area (Å²) in [5, 5.41) is 14.1. The molecule has 2 rings (SSSR count). The van der Waals surface area contributed by atoms with Gasteiger partial charge in [0.05, 0.1) is 0 Å². The summed E-state index contributed by atoms with van der Waals surface area (Å²) in [5.74, 6) is 0.521. The average Bonchev–Trinajstić information content (AvgIpc) is 2.60. The third-order valence-corrected chi connectivity index (χ3v) is 3.53. The number of hydrogen-bond donors (Lipinski definition) is 2. The molecule has 0 aliphatic carbocycles. The molecule has 2 aromatic rings. The molecule has 1 amide bonds. The van der Waals surface area contributed by atoms with Crippen molar-refractivity contribution in [2.24, 2.45) is 0 Å². The number of unbranched alkanes of at least 4 members (excludes halogenated alkanes) is 2. The molecule has 0 radical (unpaired) electrons. The van der Waals surface area contributed by atoms with E-state index in [9.17, 15) is 4.79 Å². The SMILES string of the molecule is CCCCCNc1ccc(C(=O)NCCc2ccccc2)nn1. The molecule has 5 nitrogen and oxygen atoms in total. The minimum Gasteiger partial charge on any atom is -0.369 e. The van der Waals surface area contributed by atoms with E-state index in [0.717, 1.165) is 19.4 Å². The number of nitrogens with one attached hydrogen (secondary N) is 2. The first-order chi connectivity index (χ1) is 11.3. The molecule has 1 aromatic carbocycles. The van der Waals surface area contributed by atoms with Crippen molar-refractivity contribution in [1.82, 2.24) is 15.5 Å². The molecule has 0 bridgehead atoms. The zero-order chi connectivity index (χ0) is 16.3. The van der Waals surface area contributed by atoms with Gasteiger partial charge in [-0.3, -0.25) is 4.79 Å². The molecule has 0 atom stereocenters. The van der Waals surface area contributed by atoms with Crippen LogP contribution in [0.25, 0.3) is 0 Å². The average molecular weight is 312 g/mol. The van der Waals surface area contributed by atoms with Crippen LogP contribution in [0.4, 0.5) is 5.82 Å². The molecule has 23 heavy (non-hydrogen) atoms. The Morgan fingerprint density at radius 1 is 1.00 bits per heavy atom. The van der Waals surface area contributed by atoms with Crippen LogP contribution in [-0.4, -0.2) is 29.2 Å². The van der Waals surface area contributed by atoms with Gasteiger partial charge in [-0.2, -0.15) is 0 Å². The smallest absolute Gasteiger partial charge is 0.271 e. The fourth-order valence-corrected chi connectivity index (χ4v) is 2.19. The lowest BCUT2D eigenvalue weighted by Crippen LogP contribution is -2.26. The van der Waals surface area contributed by atoms with Crippen LogP contribution in [-0.2, 0) is 6.42 Å². The van der Waals surface area contributed by atoms with Gasteiger partial charge in [-0.05, 0) is 30.5 Å². The van der Waals surface area contributed by atoms with E-state index >= 15 is 0 Å². The number of benzene rings is 1. The maximum atomic E-state index is 12.0. The Labute approximate surface area is 137 Å². The van der Waals surface area contributed by atoms with E-state index in [1.807, 2.05) is 30.3 Å². The Hall–Kier alpha value is -2.43. The highest BCUT2D eigenvalue weighted by Crippen LogP contribution is 2.04. The van der Waals surface area contributed by atoms with E-state index < -0.39 is 0 Å². The lowest BCUT2D eigenvalue weighted by Gasteiger charge is -2.06. The summed E-state index contributed by atoms with van der Waals surface area (Å²) in [5.41, 5.74) is 1.54. The summed E-state index contributed by atoms with van der Waals surface area (Å²) in [6.07, 6.45) is 4.30. The molecule has 2 N–H and O–H groups in total. The minimum absolute atomic E-state index is 0.189. The van der Waals surface area contributed by atoms with Crippen molar-refractivity contribution in [1.29, 1.82) is 0 Å². The molecule has 0 fully saturated rings. The van der Waals surface area contributed by atoms with Gasteiger partial charge in [0.25, 0.3) is 5.91 Å². The van der Waals surface area contributed by atoms with Crippen molar-refractivity contribution in [3.8, 4) is 0 Å². The predicted molar refractivity (Wildman–Crippen MR) is 92.5 cm³/mol. The van der Waals surface area contributed by atoms with E-state index in [2.05, 4.69) is 27.8 Å². The third kappa shape index (κ3) is 6.06. The molecule has 122 valence electrons. The fourth-order valence-electron chi connectivity index (χ4n) is 2.19. The monoisotopic (exact) mass is 312 g/mol. The van der Waals surface area contributed by atoms with Gasteiger partial charge in [0.15, 0.2) is 5.69 Å². The van der Waals surface area contributed by atoms with Gasteiger partial charge in [-0.15, -0.1) is 10.2 Å². The Bertz CT molecular complexity index is 584. The van der Waals surface area contributed by atoms with Gasteiger partial charge < -0.3 is 10.6 Å². The van der Waals surface area contributed by atoms with Gasteiger partial charge in [-0.1, -0.05) is 50.1 Å². The number of carbonyl (C=O) groups excluding carboxylic acids is 1. The molecule has 0 aliphatic rings. The number of nitrogens with zero attached hydrogens (tertiary/aromatic N) is 2. The molecular weight excluding hydrogens is 288 g/mol. The molecule has 0 spiro atoms. The van der Waals surface area contributed by atoms with E-state index in [-0.39, 0.29) is 5.91 Å². The molecule has 0 saturated carbocycles. The van der Waals surface area contributed by atoms with Crippen LogP contribution in [0.15, 0.2) is 42.5 Å². The molecule has 1 heterocycles. The molecular formula is C18H24N4O. The van der Waals surface area contributed by atoms with Crippen molar-refractivity contribution in [2.45, 2.75) is 32.6 Å². The summed E-state index contributed by atoms with van der Waals surface area (Å²) in [7, 11) is 0. The summed E-state index contributed by atoms with van der Waals surface area (Å²) in [6.45, 7) is 3.64. The first kappa shape index (κ1) is 16.9. The first-order valence-electron chi connectivity index (χ1n) is 8.19. The maximum absolute atomic E-state index is 12.0. The van der Waals surface area contributed by atoms with Crippen molar-refractivity contribution in [3.05, 3.63) is 53.7 Å². The standard InChI is InChI=1S/C18H24N4O/c1-2-3-7-13-19-17-11-10-16(21-22-17)18(23)20-14-12-15-8-5-4-6-9-15/h4-6,8-11H,2-3,7,12-14H2,1H3,(H,19,22)(H,20,23). The van der Waals surface area contributed by atoms with Gasteiger partial charge in [0, 0.05) is 13.1 Å². The Morgan fingerprint density at radius 2 is 1.83 bits per heavy atom. The van der Waals surface area contributed by atoms with Gasteiger partial charge in [-0.25, -0.2) is 0 Å². The van der Waals surface area contributed by atoms with Crippen LogP contribution >= 0.6 is 0 Å². The third-order valence-electron chi connectivity index (χ3n) is 3.53. The van der Waals surface area contributed by atoms with E-state index in [0.29, 0.717) is 18.1 Å². The van der Waals surface area contributed by atoms with Crippen LogP contribution in [0, 0.1) is 0 Å². The zero-order valence-electron chi connectivity index (χ0n) is 13.6. The van der Waals surface area contributed by atoms with Crippen molar-refractivity contribution in [2.75, 3.05) is 18.4 Å².